The van der Waals surface area contributed by atoms with Gasteiger partial charge in [0.25, 0.3) is 5.91 Å². The molecular weight excluding hydrogens is 591 g/mol. The number of rotatable bonds is 12. The van der Waals surface area contributed by atoms with E-state index in [-0.39, 0.29) is 37.9 Å². The van der Waals surface area contributed by atoms with Crippen LogP contribution in [0.15, 0.2) is 60.7 Å². The molecule has 0 radical (unpaired) electrons. The summed E-state index contributed by atoms with van der Waals surface area (Å²) in [5.41, 5.74) is 9.68. The van der Waals surface area contributed by atoms with E-state index in [1.165, 1.54) is 12.5 Å². The lowest BCUT2D eigenvalue weighted by molar-refractivity contribution is -0.272. The standard InChI is InChI=1S/C34H39FN6O5/c1-3-45-34(46-22(2)42,41-21-26-13-14-27(18-28(26)32(41)43)40-15-7-4-8-16-40)33(44)39-20-25-12-11-23(31(36)37)17-30(25)38-19-24-9-5-6-10-29(24)35/h5-6,9-14,17-18,38H,3-4,7-8,15-16,19-21H2,1-2H3,(H3,36,37)(H,39,44)/t34-/m0/s1. The van der Waals surface area contributed by atoms with Crippen LogP contribution < -0.4 is 21.3 Å². The molecule has 0 spiro atoms. The number of hydrogen-bond acceptors (Lipinski definition) is 8. The molecule has 5 N–H and O–H groups in total. The van der Waals surface area contributed by atoms with Crippen LogP contribution in [0.1, 0.15) is 65.7 Å². The van der Waals surface area contributed by atoms with Gasteiger partial charge < -0.3 is 30.7 Å². The summed E-state index contributed by atoms with van der Waals surface area (Å²) in [5, 5.41) is 13.8. The molecule has 46 heavy (non-hydrogen) atoms. The molecule has 0 unspecified atom stereocenters. The number of hydrogen-bond donors (Lipinski definition) is 4. The highest BCUT2D eigenvalue weighted by Crippen LogP contribution is 2.35. The van der Waals surface area contributed by atoms with Gasteiger partial charge in [-0.2, -0.15) is 0 Å². The van der Waals surface area contributed by atoms with E-state index in [0.717, 1.165) is 43.4 Å². The van der Waals surface area contributed by atoms with Crippen molar-refractivity contribution in [2.24, 2.45) is 5.73 Å². The molecule has 12 heteroatoms. The molecule has 3 aromatic carbocycles. The summed E-state index contributed by atoms with van der Waals surface area (Å²) in [5.74, 6) is -5.06. The third-order valence-electron chi connectivity index (χ3n) is 8.17. The Bertz CT molecular complexity index is 1640. The van der Waals surface area contributed by atoms with Crippen molar-refractivity contribution in [3.8, 4) is 0 Å². The monoisotopic (exact) mass is 630 g/mol. The molecule has 0 aliphatic carbocycles. The van der Waals surface area contributed by atoms with Crippen molar-refractivity contribution in [2.45, 2.75) is 58.7 Å². The van der Waals surface area contributed by atoms with Crippen molar-refractivity contribution in [1.29, 1.82) is 5.41 Å². The normalized spacial score (nSPS) is 15.6. The van der Waals surface area contributed by atoms with Crippen molar-refractivity contribution in [2.75, 3.05) is 29.9 Å². The molecule has 0 saturated carbocycles. The number of nitrogens with one attached hydrogen (secondary N) is 3. The minimum absolute atomic E-state index is 0.00208. The van der Waals surface area contributed by atoms with Crippen molar-refractivity contribution in [1.82, 2.24) is 10.2 Å². The van der Waals surface area contributed by atoms with Gasteiger partial charge >= 0.3 is 17.8 Å². The van der Waals surface area contributed by atoms with Gasteiger partial charge in [-0.25, -0.2) is 4.39 Å². The van der Waals surface area contributed by atoms with Gasteiger partial charge in [-0.15, -0.1) is 0 Å². The number of carbonyl (C=O) groups excluding carboxylic acids is 3. The average Bonchev–Trinajstić information content (AvgIpc) is 3.39. The molecule has 0 bridgehead atoms. The van der Waals surface area contributed by atoms with Gasteiger partial charge in [-0.1, -0.05) is 36.4 Å². The number of fused-ring (bicyclic) bond motifs is 1. The predicted octanol–water partition coefficient (Wildman–Crippen LogP) is 4.24. The van der Waals surface area contributed by atoms with Crippen LogP contribution in [0.2, 0.25) is 0 Å². The fraction of sp³-hybridized carbons (Fsp3) is 0.353. The van der Waals surface area contributed by atoms with Crippen LogP contribution in [0.5, 0.6) is 0 Å². The molecular formula is C34H39FN6O5. The highest BCUT2D eigenvalue weighted by molar-refractivity contribution is 6.03. The van der Waals surface area contributed by atoms with Gasteiger partial charge in [0.15, 0.2) is 0 Å². The van der Waals surface area contributed by atoms with Crippen LogP contribution in [-0.4, -0.2) is 54.1 Å². The van der Waals surface area contributed by atoms with E-state index < -0.39 is 23.7 Å². The van der Waals surface area contributed by atoms with Crippen LogP contribution in [0, 0.1) is 11.2 Å². The second kappa shape index (κ2) is 14.0. The summed E-state index contributed by atoms with van der Waals surface area (Å²) in [7, 11) is 0. The molecule has 2 aliphatic rings. The van der Waals surface area contributed by atoms with Gasteiger partial charge in [0.05, 0.1) is 13.2 Å². The number of esters is 1. The number of benzene rings is 3. The lowest BCUT2D eigenvalue weighted by Gasteiger charge is -2.37. The van der Waals surface area contributed by atoms with E-state index in [1.54, 1.807) is 43.3 Å². The highest BCUT2D eigenvalue weighted by Gasteiger charge is 2.54. The summed E-state index contributed by atoms with van der Waals surface area (Å²) in [6.07, 6.45) is 3.33. The van der Waals surface area contributed by atoms with Crippen molar-refractivity contribution in [3.05, 3.63) is 94.3 Å². The molecule has 2 heterocycles. The van der Waals surface area contributed by atoms with Gasteiger partial charge in [-0.05, 0) is 61.6 Å². The Morgan fingerprint density at radius 3 is 2.48 bits per heavy atom. The van der Waals surface area contributed by atoms with Crippen molar-refractivity contribution < 1.29 is 28.2 Å². The number of piperidine rings is 1. The summed E-state index contributed by atoms with van der Waals surface area (Å²) >= 11 is 0. The second-order valence-corrected chi connectivity index (χ2v) is 11.3. The minimum Gasteiger partial charge on any atom is -0.405 e. The maximum atomic E-state index is 14.3. The van der Waals surface area contributed by atoms with Crippen LogP contribution in [0.4, 0.5) is 15.8 Å². The van der Waals surface area contributed by atoms with E-state index >= 15 is 0 Å². The zero-order valence-electron chi connectivity index (χ0n) is 26.0. The summed E-state index contributed by atoms with van der Waals surface area (Å²) < 4.78 is 25.8. The third-order valence-corrected chi connectivity index (χ3v) is 8.17. The third kappa shape index (κ3) is 6.81. The van der Waals surface area contributed by atoms with Crippen molar-refractivity contribution in [3.63, 3.8) is 0 Å². The number of amides is 2. The van der Waals surface area contributed by atoms with Crippen LogP contribution in [0.3, 0.4) is 0 Å². The molecule has 242 valence electrons. The molecule has 11 nitrogen and oxygen atoms in total. The van der Waals surface area contributed by atoms with Gasteiger partial charge in [0.2, 0.25) is 0 Å². The molecule has 2 aliphatic heterocycles. The maximum absolute atomic E-state index is 14.3. The maximum Gasteiger partial charge on any atom is 0.383 e. The van der Waals surface area contributed by atoms with E-state index in [1.807, 2.05) is 18.2 Å². The number of anilines is 2. The topological polar surface area (TPSA) is 150 Å². The Balaban J connectivity index is 1.40. The van der Waals surface area contributed by atoms with Gasteiger partial charge in [0, 0.05) is 61.2 Å². The van der Waals surface area contributed by atoms with Gasteiger partial charge in [-0.3, -0.25) is 24.7 Å². The lowest BCUT2D eigenvalue weighted by Crippen LogP contribution is -2.63. The van der Waals surface area contributed by atoms with Crippen LogP contribution in [-0.2, 0) is 38.7 Å². The number of nitrogen functional groups attached to an aromatic ring is 1. The van der Waals surface area contributed by atoms with Gasteiger partial charge in [0.1, 0.15) is 11.7 Å². The van der Waals surface area contributed by atoms with E-state index in [9.17, 15) is 18.8 Å². The zero-order chi connectivity index (χ0) is 32.8. The second-order valence-electron chi connectivity index (χ2n) is 11.3. The number of amidine groups is 1. The largest absolute Gasteiger partial charge is 0.405 e. The summed E-state index contributed by atoms with van der Waals surface area (Å²) in [6, 6.07) is 16.9. The number of halogens is 1. The zero-order valence-corrected chi connectivity index (χ0v) is 26.0. The molecule has 2 amide bonds. The molecule has 3 aromatic rings. The van der Waals surface area contributed by atoms with Crippen LogP contribution >= 0.6 is 0 Å². The first-order valence-electron chi connectivity index (χ1n) is 15.4. The Hall–Kier alpha value is -4.97. The Kier molecular flexibility index (Phi) is 9.86. The number of ether oxygens (including phenoxy) is 2. The number of nitrogens with two attached hydrogens (primary N) is 1. The van der Waals surface area contributed by atoms with E-state index in [4.69, 9.17) is 20.6 Å². The first kappa shape index (κ1) is 32.4. The number of carbonyl (C=O) groups is 3. The summed E-state index contributed by atoms with van der Waals surface area (Å²) in [4.78, 5) is 43.7. The van der Waals surface area contributed by atoms with E-state index in [2.05, 4.69) is 15.5 Å². The van der Waals surface area contributed by atoms with Crippen molar-refractivity contribution >= 4 is 35.0 Å². The molecule has 1 saturated heterocycles. The quantitative estimate of drug-likeness (QED) is 0.101. The van der Waals surface area contributed by atoms with Crippen LogP contribution in [0.25, 0.3) is 0 Å². The fourth-order valence-corrected chi connectivity index (χ4v) is 5.85. The average molecular weight is 631 g/mol. The Morgan fingerprint density at radius 2 is 1.78 bits per heavy atom. The Morgan fingerprint density at radius 1 is 1.02 bits per heavy atom. The lowest BCUT2D eigenvalue weighted by atomic mass is 10.1. The Labute approximate surface area is 267 Å². The molecule has 5 rings (SSSR count). The SMILES string of the molecule is CCO[C@](OC(C)=O)(C(=O)NCc1ccc(C(=N)N)cc1NCc1ccccc1F)N1Cc2ccc(N3CCCCC3)cc2C1=O. The number of nitrogens with zero attached hydrogens (tertiary/aromatic N) is 2. The fourth-order valence-electron chi connectivity index (χ4n) is 5.85. The first-order chi connectivity index (χ1) is 22.1. The smallest absolute Gasteiger partial charge is 0.383 e. The minimum atomic E-state index is -2.37. The summed E-state index contributed by atoms with van der Waals surface area (Å²) in [6.45, 7) is 4.60. The first-order valence-corrected chi connectivity index (χ1v) is 15.4. The molecule has 0 aromatic heterocycles. The molecule has 1 atom stereocenters. The predicted molar refractivity (Wildman–Crippen MR) is 172 cm³/mol. The molecule has 1 fully saturated rings. The van der Waals surface area contributed by atoms with E-state index in [0.29, 0.717) is 33.5 Å². The highest BCUT2D eigenvalue weighted by atomic mass is 19.1.